The Bertz CT molecular complexity index is 601. The van der Waals surface area contributed by atoms with Gasteiger partial charge in [-0.2, -0.15) is 0 Å². The van der Waals surface area contributed by atoms with Crippen LogP contribution in [0.25, 0.3) is 0 Å². The molecule has 2 rings (SSSR count). The molecular weight excluding hydrogens is 348 g/mol. The van der Waals surface area contributed by atoms with Crippen molar-refractivity contribution in [3.63, 3.8) is 0 Å². The first-order valence-corrected chi connectivity index (χ1v) is 8.37. The van der Waals surface area contributed by atoms with Crippen molar-refractivity contribution in [1.29, 1.82) is 0 Å². The Morgan fingerprint density at radius 3 is 2.81 bits per heavy atom. The molecule has 0 aliphatic heterocycles. The van der Waals surface area contributed by atoms with E-state index in [0.717, 1.165) is 40.1 Å². The smallest absolute Gasteiger partial charge is 0.0605 e. The van der Waals surface area contributed by atoms with Gasteiger partial charge in [0.05, 0.1) is 11.7 Å². The number of hydrogen-bond acceptors (Lipinski definition) is 2. The molecule has 0 saturated carbocycles. The molecule has 1 heterocycles. The minimum absolute atomic E-state index is 0.185. The largest absolute Gasteiger partial charge is 0.308 e. The van der Waals surface area contributed by atoms with Gasteiger partial charge in [0, 0.05) is 15.7 Å². The van der Waals surface area contributed by atoms with Gasteiger partial charge in [0.1, 0.15) is 0 Å². The third kappa shape index (κ3) is 4.53. The number of benzene rings is 1. The quantitative estimate of drug-likeness (QED) is 0.769. The number of nitrogens with one attached hydrogen (secondary N) is 1. The molecule has 2 aromatic rings. The van der Waals surface area contributed by atoms with Crippen LogP contribution in [0.15, 0.2) is 41.0 Å². The van der Waals surface area contributed by atoms with Crippen LogP contribution in [-0.4, -0.2) is 11.5 Å². The van der Waals surface area contributed by atoms with Crippen molar-refractivity contribution in [1.82, 2.24) is 10.3 Å². The van der Waals surface area contributed by atoms with E-state index in [1.165, 1.54) is 5.56 Å². The molecule has 0 saturated heterocycles. The lowest BCUT2D eigenvalue weighted by Gasteiger charge is -2.20. The molecule has 4 heteroatoms. The third-order valence-electron chi connectivity index (χ3n) is 3.46. The topological polar surface area (TPSA) is 24.9 Å². The molecule has 0 spiro atoms. The summed E-state index contributed by atoms with van der Waals surface area (Å²) in [6.45, 7) is 5.24. The van der Waals surface area contributed by atoms with Crippen LogP contribution in [0, 0.1) is 6.92 Å². The van der Waals surface area contributed by atoms with Gasteiger partial charge in [0.15, 0.2) is 0 Å². The van der Waals surface area contributed by atoms with Gasteiger partial charge < -0.3 is 5.32 Å². The fourth-order valence-corrected chi connectivity index (χ4v) is 3.10. The van der Waals surface area contributed by atoms with Crippen molar-refractivity contribution in [3.05, 3.63) is 62.8 Å². The number of aromatic nitrogens is 1. The van der Waals surface area contributed by atoms with Crippen molar-refractivity contribution < 1.29 is 0 Å². The summed E-state index contributed by atoms with van der Waals surface area (Å²) in [5.74, 6) is 0. The van der Waals surface area contributed by atoms with Gasteiger partial charge in [-0.1, -0.05) is 46.6 Å². The van der Waals surface area contributed by atoms with Crippen molar-refractivity contribution in [2.75, 3.05) is 6.54 Å². The molecule has 112 valence electrons. The Hall–Kier alpha value is -0.900. The number of aryl methyl sites for hydroxylation is 1. The van der Waals surface area contributed by atoms with Gasteiger partial charge in [0.25, 0.3) is 0 Å². The number of hydrogen-bond donors (Lipinski definition) is 1. The maximum Gasteiger partial charge on any atom is 0.0605 e. The van der Waals surface area contributed by atoms with Crippen molar-refractivity contribution in [2.24, 2.45) is 0 Å². The first kappa shape index (κ1) is 16.5. The molecule has 1 aromatic carbocycles. The van der Waals surface area contributed by atoms with Crippen LogP contribution in [0.4, 0.5) is 0 Å². The van der Waals surface area contributed by atoms with Crippen LogP contribution in [0.5, 0.6) is 0 Å². The van der Waals surface area contributed by atoms with Gasteiger partial charge in [0.2, 0.25) is 0 Å². The molecule has 1 N–H and O–H groups in total. The Balaban J connectivity index is 2.26. The molecule has 0 bridgehead atoms. The highest BCUT2D eigenvalue weighted by atomic mass is 79.9. The lowest BCUT2D eigenvalue weighted by molar-refractivity contribution is 0.515. The second-order valence-corrected chi connectivity index (χ2v) is 6.47. The van der Waals surface area contributed by atoms with Crippen LogP contribution in [0.2, 0.25) is 5.02 Å². The lowest BCUT2D eigenvalue weighted by Crippen LogP contribution is -2.25. The maximum atomic E-state index is 6.36. The number of rotatable bonds is 6. The Kier molecular flexibility index (Phi) is 6.22. The summed E-state index contributed by atoms with van der Waals surface area (Å²) in [5.41, 5.74) is 3.45. The zero-order chi connectivity index (χ0) is 15.2. The van der Waals surface area contributed by atoms with Gasteiger partial charge in [-0.15, -0.1) is 0 Å². The normalized spacial score (nSPS) is 12.4. The van der Waals surface area contributed by atoms with E-state index in [0.29, 0.717) is 0 Å². The highest BCUT2D eigenvalue weighted by Crippen LogP contribution is 2.26. The van der Waals surface area contributed by atoms with E-state index in [4.69, 9.17) is 11.6 Å². The van der Waals surface area contributed by atoms with Crippen molar-refractivity contribution in [3.8, 4) is 0 Å². The highest BCUT2D eigenvalue weighted by molar-refractivity contribution is 9.10. The molecular formula is C17H20BrClN2. The molecule has 0 radical (unpaired) electrons. The van der Waals surface area contributed by atoms with Crippen LogP contribution >= 0.6 is 27.5 Å². The average Bonchev–Trinajstić information content (AvgIpc) is 2.46. The first-order valence-electron chi connectivity index (χ1n) is 7.20. The predicted molar refractivity (Wildman–Crippen MR) is 92.9 cm³/mol. The van der Waals surface area contributed by atoms with E-state index < -0.39 is 0 Å². The van der Waals surface area contributed by atoms with E-state index in [2.05, 4.69) is 52.2 Å². The van der Waals surface area contributed by atoms with E-state index in [9.17, 15) is 0 Å². The molecule has 1 unspecified atom stereocenters. The Morgan fingerprint density at radius 2 is 2.14 bits per heavy atom. The van der Waals surface area contributed by atoms with Gasteiger partial charge in [-0.05, 0) is 55.6 Å². The lowest BCUT2D eigenvalue weighted by atomic mass is 9.99. The average molecular weight is 368 g/mol. The summed E-state index contributed by atoms with van der Waals surface area (Å²) in [5, 5.41) is 4.38. The summed E-state index contributed by atoms with van der Waals surface area (Å²) < 4.78 is 1.00. The molecule has 0 fully saturated rings. The standard InChI is InChI=1S/C17H20BrClN2/c1-3-8-20-16(17-12(2)5-4-9-21-17)10-13-6-7-14(18)11-15(13)19/h4-7,9,11,16,20H,3,8,10H2,1-2H3. The van der Waals surface area contributed by atoms with Crippen molar-refractivity contribution in [2.45, 2.75) is 32.7 Å². The second kappa shape index (κ2) is 7.92. The van der Waals surface area contributed by atoms with E-state index in [-0.39, 0.29) is 6.04 Å². The third-order valence-corrected chi connectivity index (χ3v) is 4.30. The molecule has 1 aromatic heterocycles. The number of nitrogens with zero attached hydrogens (tertiary/aromatic N) is 1. The summed E-state index contributed by atoms with van der Waals surface area (Å²) in [7, 11) is 0. The van der Waals surface area contributed by atoms with Crippen LogP contribution in [-0.2, 0) is 6.42 Å². The van der Waals surface area contributed by atoms with E-state index in [1.807, 2.05) is 24.4 Å². The molecule has 0 aliphatic rings. The fraction of sp³-hybridized carbons (Fsp3) is 0.353. The SMILES string of the molecule is CCCNC(Cc1ccc(Br)cc1Cl)c1ncccc1C. The number of halogens is 2. The molecule has 0 aliphatic carbocycles. The van der Waals surface area contributed by atoms with E-state index in [1.54, 1.807) is 0 Å². The van der Waals surface area contributed by atoms with Gasteiger partial charge >= 0.3 is 0 Å². The van der Waals surface area contributed by atoms with Crippen LogP contribution < -0.4 is 5.32 Å². The van der Waals surface area contributed by atoms with Gasteiger partial charge in [-0.3, -0.25) is 4.98 Å². The summed E-state index contributed by atoms with van der Waals surface area (Å²) in [4.78, 5) is 4.56. The van der Waals surface area contributed by atoms with Crippen LogP contribution in [0.1, 0.15) is 36.2 Å². The molecule has 2 nitrogen and oxygen atoms in total. The summed E-state index contributed by atoms with van der Waals surface area (Å²) >= 11 is 9.81. The van der Waals surface area contributed by atoms with Gasteiger partial charge in [-0.25, -0.2) is 0 Å². The first-order chi connectivity index (χ1) is 10.1. The zero-order valence-corrected chi connectivity index (χ0v) is 14.7. The molecule has 0 amide bonds. The fourth-order valence-electron chi connectivity index (χ4n) is 2.35. The highest BCUT2D eigenvalue weighted by Gasteiger charge is 2.16. The monoisotopic (exact) mass is 366 g/mol. The predicted octanol–water partition coefficient (Wildman–Crippen LogP) is 5.09. The summed E-state index contributed by atoms with van der Waals surface area (Å²) in [6.07, 6.45) is 3.78. The number of pyridine rings is 1. The Labute approximate surface area is 140 Å². The molecule has 1 atom stereocenters. The van der Waals surface area contributed by atoms with E-state index >= 15 is 0 Å². The zero-order valence-electron chi connectivity index (χ0n) is 12.4. The second-order valence-electron chi connectivity index (χ2n) is 5.15. The van der Waals surface area contributed by atoms with Crippen molar-refractivity contribution >= 4 is 27.5 Å². The Morgan fingerprint density at radius 1 is 1.33 bits per heavy atom. The summed E-state index contributed by atoms with van der Waals surface area (Å²) in [6, 6.07) is 10.3. The minimum Gasteiger partial charge on any atom is -0.308 e. The maximum absolute atomic E-state index is 6.36. The van der Waals surface area contributed by atoms with Crippen LogP contribution in [0.3, 0.4) is 0 Å². The minimum atomic E-state index is 0.185. The molecule has 21 heavy (non-hydrogen) atoms.